The molecule has 2 aliphatic rings. The van der Waals surface area contributed by atoms with Gasteiger partial charge in [0.25, 0.3) is 5.91 Å². The number of anilines is 1. The second-order valence-corrected chi connectivity index (χ2v) is 8.65. The van der Waals surface area contributed by atoms with Crippen LogP contribution in [0.15, 0.2) is 24.3 Å². The second-order valence-electron chi connectivity index (χ2n) is 6.31. The molecule has 3 N–H and O–H groups in total. The first-order chi connectivity index (χ1) is 13.0. The predicted octanol–water partition coefficient (Wildman–Crippen LogP) is 1.98. The van der Waals surface area contributed by atoms with Crippen molar-refractivity contribution in [3.63, 3.8) is 0 Å². The molecule has 0 radical (unpaired) electrons. The van der Waals surface area contributed by atoms with Crippen LogP contribution in [0, 0.1) is 5.82 Å². The van der Waals surface area contributed by atoms with Gasteiger partial charge in [0.15, 0.2) is 5.82 Å². The summed E-state index contributed by atoms with van der Waals surface area (Å²) < 4.78 is 39.1. The molecule has 0 bridgehead atoms. The molecular formula is C17H18FN3O4S2. The fourth-order valence-electron chi connectivity index (χ4n) is 2.74. The van der Waals surface area contributed by atoms with Crippen molar-refractivity contribution in [2.75, 3.05) is 24.0 Å². The molecule has 2 aromatic carbocycles. The van der Waals surface area contributed by atoms with Crippen LogP contribution in [-0.4, -0.2) is 40.2 Å². The van der Waals surface area contributed by atoms with Gasteiger partial charge in [0, 0.05) is 17.2 Å². The second kappa shape index (κ2) is 7.53. The van der Waals surface area contributed by atoms with Crippen LogP contribution in [0.1, 0.15) is 12.8 Å². The van der Waals surface area contributed by atoms with E-state index in [0.29, 0.717) is 29.5 Å². The predicted molar refractivity (Wildman–Crippen MR) is 103 cm³/mol. The van der Waals surface area contributed by atoms with Gasteiger partial charge in [-0.3, -0.25) is 18.5 Å². The summed E-state index contributed by atoms with van der Waals surface area (Å²) in [7, 11) is 0. The van der Waals surface area contributed by atoms with Gasteiger partial charge in [0.05, 0.1) is 0 Å². The Morgan fingerprint density at radius 1 is 1.41 bits per heavy atom. The zero-order chi connectivity index (χ0) is 19.0. The highest BCUT2D eigenvalue weighted by Crippen LogP contribution is 2.38. The number of fused-ring (bicyclic) bond motifs is 1. The first-order valence-electron chi connectivity index (χ1n) is 8.48. The van der Waals surface area contributed by atoms with Gasteiger partial charge >= 0.3 is 0 Å². The van der Waals surface area contributed by atoms with Crippen molar-refractivity contribution in [3.8, 4) is 11.5 Å². The maximum atomic E-state index is 15.1. The third kappa shape index (κ3) is 3.97. The molecule has 1 saturated heterocycles. The average Bonchev–Trinajstić information content (AvgIpc) is 3.39. The van der Waals surface area contributed by atoms with E-state index >= 15 is 4.39 Å². The van der Waals surface area contributed by atoms with E-state index in [1.807, 2.05) is 0 Å². The topological polar surface area (TPSA) is 90.9 Å². The number of carbonyl (C=O) groups is 1. The van der Waals surface area contributed by atoms with E-state index < -0.39 is 22.9 Å². The van der Waals surface area contributed by atoms with E-state index in [-0.39, 0.29) is 23.4 Å². The number of nitrogens with zero attached hydrogens (tertiary/aromatic N) is 1. The lowest BCUT2D eigenvalue weighted by Gasteiger charge is -2.17. The van der Waals surface area contributed by atoms with Crippen LogP contribution in [-0.2, 0) is 16.0 Å². The number of benzene rings is 2. The monoisotopic (exact) mass is 411 g/mol. The molecule has 7 nitrogen and oxygen atoms in total. The van der Waals surface area contributed by atoms with E-state index in [0.717, 1.165) is 4.31 Å². The maximum Gasteiger partial charge on any atom is 0.253 e. The van der Waals surface area contributed by atoms with E-state index in [4.69, 9.17) is 4.74 Å². The standard InChI is InChI=1S/C17H18FN3O4S2/c18-16-13-8-11(25-6-5-19-26-12-3-4-12)2-1-10(13)7-14(22)17(16)21-9-15(23)20-27(21)24/h1-2,7-8,12,19,22H,3-6,9H2,(H,20,23). The fraction of sp³-hybridized carbons (Fsp3) is 0.353. The summed E-state index contributed by atoms with van der Waals surface area (Å²) in [5.41, 5.74) is -0.265. The molecule has 144 valence electrons. The SMILES string of the molecule is O=C1CN(c2c(O)cc3ccc(OCCNSC4CC4)cc3c2F)S(=O)N1. The van der Waals surface area contributed by atoms with Gasteiger partial charge in [-0.1, -0.05) is 18.0 Å². The molecule has 1 aliphatic carbocycles. The van der Waals surface area contributed by atoms with Crippen molar-refractivity contribution < 1.29 is 23.2 Å². The molecule has 0 aromatic heterocycles. The molecule has 10 heteroatoms. The minimum absolute atomic E-state index is 0.219. The van der Waals surface area contributed by atoms with Gasteiger partial charge in [-0.2, -0.15) is 0 Å². The largest absolute Gasteiger partial charge is 0.506 e. The van der Waals surface area contributed by atoms with Crippen molar-refractivity contribution in [2.24, 2.45) is 0 Å². The Balaban J connectivity index is 1.54. The minimum atomic E-state index is -1.92. The number of aromatic hydroxyl groups is 1. The maximum absolute atomic E-state index is 15.1. The molecule has 1 saturated carbocycles. The number of hydrogen-bond acceptors (Lipinski definition) is 6. The van der Waals surface area contributed by atoms with Crippen molar-refractivity contribution in [1.29, 1.82) is 0 Å². The summed E-state index contributed by atoms with van der Waals surface area (Å²) in [4.78, 5) is 11.4. The zero-order valence-corrected chi connectivity index (χ0v) is 15.9. The smallest absolute Gasteiger partial charge is 0.253 e. The molecule has 1 heterocycles. The molecule has 1 amide bonds. The Hall–Kier alpha value is -2.04. The number of halogens is 1. The number of amides is 1. The molecule has 1 unspecified atom stereocenters. The van der Waals surface area contributed by atoms with E-state index in [1.54, 1.807) is 24.1 Å². The van der Waals surface area contributed by atoms with Gasteiger partial charge in [-0.05, 0) is 36.4 Å². The Bertz CT molecular complexity index is 923. The van der Waals surface area contributed by atoms with Crippen LogP contribution in [0.25, 0.3) is 10.8 Å². The van der Waals surface area contributed by atoms with E-state index in [9.17, 15) is 14.1 Å². The first kappa shape index (κ1) is 18.3. The summed E-state index contributed by atoms with van der Waals surface area (Å²) >= 11 is -0.210. The molecule has 2 aromatic rings. The van der Waals surface area contributed by atoms with Gasteiger partial charge in [0.1, 0.15) is 30.3 Å². The highest BCUT2D eigenvalue weighted by atomic mass is 32.2. The van der Waals surface area contributed by atoms with Crippen LogP contribution < -0.4 is 18.5 Å². The summed E-state index contributed by atoms with van der Waals surface area (Å²) in [6.07, 6.45) is 2.50. The Morgan fingerprint density at radius 2 is 2.22 bits per heavy atom. The van der Waals surface area contributed by atoms with Crippen LogP contribution in [0.5, 0.6) is 11.5 Å². The lowest BCUT2D eigenvalue weighted by Crippen LogP contribution is -2.23. The van der Waals surface area contributed by atoms with Crippen molar-refractivity contribution in [2.45, 2.75) is 18.1 Å². The molecule has 4 rings (SSSR count). The highest BCUT2D eigenvalue weighted by Gasteiger charge is 2.32. The Morgan fingerprint density at radius 3 is 2.93 bits per heavy atom. The number of rotatable bonds is 7. The van der Waals surface area contributed by atoms with Crippen LogP contribution in [0.3, 0.4) is 0 Å². The summed E-state index contributed by atoms with van der Waals surface area (Å²) in [5, 5.41) is 11.6. The normalized spacial score (nSPS) is 19.5. The fourth-order valence-corrected chi connectivity index (χ4v) is 4.50. The molecule has 1 aliphatic heterocycles. The van der Waals surface area contributed by atoms with Gasteiger partial charge < -0.3 is 9.84 Å². The Kier molecular flexibility index (Phi) is 5.11. The van der Waals surface area contributed by atoms with Crippen molar-refractivity contribution >= 4 is 45.5 Å². The van der Waals surface area contributed by atoms with E-state index in [2.05, 4.69) is 9.44 Å². The quantitative estimate of drug-likeness (QED) is 0.477. The molecular weight excluding hydrogens is 393 g/mol. The van der Waals surface area contributed by atoms with Gasteiger partial charge in [-0.15, -0.1) is 0 Å². The molecule has 0 spiro atoms. The lowest BCUT2D eigenvalue weighted by molar-refractivity contribution is -0.117. The molecule has 1 atom stereocenters. The van der Waals surface area contributed by atoms with E-state index in [1.165, 1.54) is 25.0 Å². The number of hydrogen-bond donors (Lipinski definition) is 3. The number of ether oxygens (including phenoxy) is 1. The number of nitrogens with one attached hydrogen (secondary N) is 2. The third-order valence-corrected chi connectivity index (χ3v) is 6.48. The van der Waals surface area contributed by atoms with Crippen molar-refractivity contribution in [1.82, 2.24) is 9.44 Å². The molecule has 27 heavy (non-hydrogen) atoms. The van der Waals surface area contributed by atoms with Crippen LogP contribution in [0.4, 0.5) is 10.1 Å². The van der Waals surface area contributed by atoms with Gasteiger partial charge in [0.2, 0.25) is 11.2 Å². The number of phenols is 1. The lowest BCUT2D eigenvalue weighted by atomic mass is 10.1. The average molecular weight is 411 g/mol. The zero-order valence-electron chi connectivity index (χ0n) is 14.2. The van der Waals surface area contributed by atoms with Crippen LogP contribution >= 0.6 is 11.9 Å². The highest BCUT2D eigenvalue weighted by molar-refractivity contribution is 7.98. The van der Waals surface area contributed by atoms with Crippen molar-refractivity contribution in [3.05, 3.63) is 30.1 Å². The summed E-state index contributed by atoms with van der Waals surface area (Å²) in [6.45, 7) is 0.818. The third-order valence-electron chi connectivity index (χ3n) is 4.19. The minimum Gasteiger partial charge on any atom is -0.506 e. The molecule has 2 fully saturated rings. The van der Waals surface area contributed by atoms with Gasteiger partial charge in [-0.25, -0.2) is 8.60 Å². The number of carbonyl (C=O) groups excluding carboxylic acids is 1. The number of phenolic OH excluding ortho intramolecular Hbond substituents is 1. The Labute approximate surface area is 162 Å². The summed E-state index contributed by atoms with van der Waals surface area (Å²) in [6, 6.07) is 6.27. The summed E-state index contributed by atoms with van der Waals surface area (Å²) in [5.74, 6) is -1.13. The van der Waals surface area contributed by atoms with Crippen LogP contribution in [0.2, 0.25) is 0 Å². The first-order valence-corrected chi connectivity index (χ1v) is 10.5.